The molecule has 0 radical (unpaired) electrons. The molecule has 0 aliphatic carbocycles. The van der Waals surface area contributed by atoms with Crippen molar-refractivity contribution in [2.24, 2.45) is 0 Å². The Hall–Kier alpha value is -4.76. The van der Waals surface area contributed by atoms with Gasteiger partial charge in [-0.1, -0.05) is 103 Å². The first-order chi connectivity index (χ1) is 18.8. The van der Waals surface area contributed by atoms with Crippen LogP contribution in [0.25, 0.3) is 81.8 Å². The third-order valence-corrected chi connectivity index (χ3v) is 9.18. The SMILES string of the molecule is Cc1cc(-c2cccc3c2[nH]c2c4ccccc4ccc32)c2c3c1c1cccc4c5cccc(c5n3c41)B2. The van der Waals surface area contributed by atoms with Gasteiger partial charge in [0, 0.05) is 54.3 Å². The molecule has 38 heavy (non-hydrogen) atoms. The van der Waals surface area contributed by atoms with Gasteiger partial charge in [0.15, 0.2) is 7.28 Å². The Labute approximate surface area is 218 Å². The summed E-state index contributed by atoms with van der Waals surface area (Å²) in [6.07, 6.45) is 0. The lowest BCUT2D eigenvalue weighted by Gasteiger charge is -2.19. The number of hydrogen-bond acceptors (Lipinski definition) is 0. The Morgan fingerprint density at radius 2 is 1.32 bits per heavy atom. The molecular formula is C35H21BN2. The average Bonchev–Trinajstić information content (AvgIpc) is 3.62. The van der Waals surface area contributed by atoms with Crippen LogP contribution in [-0.4, -0.2) is 16.7 Å². The second-order valence-corrected chi connectivity index (χ2v) is 11.0. The van der Waals surface area contributed by atoms with E-state index in [1.54, 1.807) is 0 Å². The fourth-order valence-electron chi connectivity index (χ4n) is 7.68. The van der Waals surface area contributed by atoms with Crippen molar-refractivity contribution >= 4 is 88.9 Å². The van der Waals surface area contributed by atoms with Crippen molar-refractivity contribution in [1.29, 1.82) is 0 Å². The van der Waals surface area contributed by atoms with Gasteiger partial charge in [0.05, 0.1) is 16.6 Å². The summed E-state index contributed by atoms with van der Waals surface area (Å²) in [5, 5.41) is 10.7. The van der Waals surface area contributed by atoms with E-state index in [-0.39, 0.29) is 0 Å². The lowest BCUT2D eigenvalue weighted by molar-refractivity contribution is 1.37. The molecule has 0 spiro atoms. The second-order valence-electron chi connectivity index (χ2n) is 11.0. The number of aromatic nitrogens is 2. The first kappa shape index (κ1) is 19.4. The van der Waals surface area contributed by atoms with Gasteiger partial charge in [0.25, 0.3) is 0 Å². The Bertz CT molecular complexity index is 2490. The molecule has 1 aliphatic heterocycles. The summed E-state index contributed by atoms with van der Waals surface area (Å²) in [6.45, 7) is 2.29. The number of nitrogens with zero attached hydrogens (tertiary/aromatic N) is 1. The quantitative estimate of drug-likeness (QED) is 0.238. The number of hydrogen-bond donors (Lipinski definition) is 1. The summed E-state index contributed by atoms with van der Waals surface area (Å²) in [4.78, 5) is 3.89. The highest BCUT2D eigenvalue weighted by atomic mass is 14.9. The van der Waals surface area contributed by atoms with Crippen LogP contribution in [-0.2, 0) is 0 Å². The van der Waals surface area contributed by atoms with Crippen LogP contribution in [0.4, 0.5) is 0 Å². The van der Waals surface area contributed by atoms with Crippen LogP contribution in [0.3, 0.4) is 0 Å². The Kier molecular flexibility index (Phi) is 3.25. The van der Waals surface area contributed by atoms with Gasteiger partial charge < -0.3 is 9.38 Å². The van der Waals surface area contributed by atoms with Crippen molar-refractivity contribution in [3.05, 3.63) is 103 Å². The molecule has 174 valence electrons. The molecular weight excluding hydrogens is 459 g/mol. The van der Waals surface area contributed by atoms with Gasteiger partial charge in [0.2, 0.25) is 0 Å². The van der Waals surface area contributed by atoms with Gasteiger partial charge in [-0.3, -0.25) is 0 Å². The molecule has 9 aromatic rings. The van der Waals surface area contributed by atoms with Gasteiger partial charge in [0.1, 0.15) is 0 Å². The third-order valence-electron chi connectivity index (χ3n) is 9.18. The number of rotatable bonds is 1. The molecule has 0 fully saturated rings. The number of para-hydroxylation sites is 3. The van der Waals surface area contributed by atoms with Gasteiger partial charge in [-0.05, 0) is 28.9 Å². The number of aryl methyl sites for hydroxylation is 1. The highest BCUT2D eigenvalue weighted by molar-refractivity contribution is 6.75. The van der Waals surface area contributed by atoms with E-state index in [2.05, 4.69) is 113 Å². The lowest BCUT2D eigenvalue weighted by atomic mass is 9.59. The average molecular weight is 480 g/mol. The van der Waals surface area contributed by atoms with Crippen molar-refractivity contribution < 1.29 is 0 Å². The number of benzene rings is 6. The standard InChI is InChI=1S/C35H21BN2/c1-18-17-27(22-10-4-9-21-23-16-15-19-7-2-3-8-20(19)31(23)37-32(21)22)30-35-29(18)26-13-5-11-24-25-12-6-14-28(36-30)34(25)38(35)33(24)26/h2-17,36-37H,1H3. The number of fused-ring (bicyclic) bond motifs is 7. The molecule has 0 saturated carbocycles. The Morgan fingerprint density at radius 1 is 0.579 bits per heavy atom. The van der Waals surface area contributed by atoms with Crippen molar-refractivity contribution in [2.45, 2.75) is 6.92 Å². The van der Waals surface area contributed by atoms with E-state index in [1.807, 2.05) is 0 Å². The largest absolute Gasteiger partial charge is 0.353 e. The monoisotopic (exact) mass is 480 g/mol. The summed E-state index contributed by atoms with van der Waals surface area (Å²) >= 11 is 0. The van der Waals surface area contributed by atoms with Gasteiger partial charge in [-0.25, -0.2) is 0 Å². The van der Waals surface area contributed by atoms with E-state index in [0.29, 0.717) is 0 Å². The minimum Gasteiger partial charge on any atom is -0.353 e. The van der Waals surface area contributed by atoms with Crippen LogP contribution in [0.15, 0.2) is 97.1 Å². The minimum absolute atomic E-state index is 0.953. The molecule has 0 saturated heterocycles. The van der Waals surface area contributed by atoms with Gasteiger partial charge in [-0.2, -0.15) is 0 Å². The van der Waals surface area contributed by atoms with Crippen LogP contribution in [0.1, 0.15) is 5.56 Å². The van der Waals surface area contributed by atoms with Crippen molar-refractivity contribution in [3.63, 3.8) is 0 Å². The molecule has 0 bridgehead atoms. The molecule has 0 atom stereocenters. The van der Waals surface area contributed by atoms with Gasteiger partial charge in [-0.15, -0.1) is 0 Å². The predicted molar refractivity (Wildman–Crippen MR) is 165 cm³/mol. The van der Waals surface area contributed by atoms with Gasteiger partial charge >= 0.3 is 0 Å². The fourth-order valence-corrected chi connectivity index (χ4v) is 7.68. The molecule has 0 amide bonds. The molecule has 10 rings (SSSR count). The van der Waals surface area contributed by atoms with E-state index in [4.69, 9.17) is 0 Å². The van der Waals surface area contributed by atoms with Crippen LogP contribution in [0.5, 0.6) is 0 Å². The second kappa shape index (κ2) is 6.38. The normalized spacial score (nSPS) is 13.1. The molecule has 0 unspecified atom stereocenters. The number of H-pyrrole nitrogens is 1. The zero-order valence-corrected chi connectivity index (χ0v) is 20.9. The lowest BCUT2D eigenvalue weighted by Crippen LogP contribution is -2.34. The van der Waals surface area contributed by atoms with Crippen LogP contribution in [0.2, 0.25) is 0 Å². The number of nitrogens with one attached hydrogen (secondary N) is 1. The highest BCUT2D eigenvalue weighted by Gasteiger charge is 2.28. The fraction of sp³-hybridized carbons (Fsp3) is 0.0286. The van der Waals surface area contributed by atoms with Crippen molar-refractivity contribution in [3.8, 4) is 11.1 Å². The zero-order chi connectivity index (χ0) is 24.7. The molecule has 4 heterocycles. The first-order valence-electron chi connectivity index (χ1n) is 13.4. The molecule has 1 aliphatic rings. The highest BCUT2D eigenvalue weighted by Crippen LogP contribution is 2.43. The zero-order valence-electron chi connectivity index (χ0n) is 20.9. The van der Waals surface area contributed by atoms with Crippen molar-refractivity contribution in [1.82, 2.24) is 9.38 Å². The van der Waals surface area contributed by atoms with E-state index in [0.717, 1.165) is 7.28 Å². The number of aromatic amines is 1. The molecule has 1 N–H and O–H groups in total. The smallest absolute Gasteiger partial charge is 0.198 e. The van der Waals surface area contributed by atoms with E-state index in [1.165, 1.54) is 98.3 Å². The van der Waals surface area contributed by atoms with Crippen LogP contribution >= 0.6 is 0 Å². The summed E-state index contributed by atoms with van der Waals surface area (Å²) in [7, 11) is 0.953. The van der Waals surface area contributed by atoms with Crippen LogP contribution in [0, 0.1) is 6.92 Å². The Morgan fingerprint density at radius 3 is 2.26 bits per heavy atom. The third kappa shape index (κ3) is 2.08. The van der Waals surface area contributed by atoms with E-state index in [9.17, 15) is 0 Å². The Balaban J connectivity index is 1.40. The maximum absolute atomic E-state index is 3.89. The maximum atomic E-state index is 3.89. The molecule has 2 nitrogen and oxygen atoms in total. The summed E-state index contributed by atoms with van der Waals surface area (Å²) < 4.78 is 2.58. The van der Waals surface area contributed by atoms with Crippen LogP contribution < -0.4 is 10.9 Å². The first-order valence-corrected chi connectivity index (χ1v) is 13.4. The summed E-state index contributed by atoms with van der Waals surface area (Å²) in [6, 6.07) is 36.1. The minimum atomic E-state index is 0.953. The predicted octanol–water partition coefficient (Wildman–Crippen LogP) is 7.30. The molecule has 6 aromatic carbocycles. The topological polar surface area (TPSA) is 20.2 Å². The maximum Gasteiger partial charge on any atom is 0.198 e. The van der Waals surface area contributed by atoms with E-state index < -0.39 is 0 Å². The van der Waals surface area contributed by atoms with Crippen molar-refractivity contribution in [2.75, 3.05) is 0 Å². The summed E-state index contributed by atoms with van der Waals surface area (Å²) in [5.41, 5.74) is 13.5. The molecule has 3 heteroatoms. The van der Waals surface area contributed by atoms with E-state index >= 15 is 0 Å². The summed E-state index contributed by atoms with van der Waals surface area (Å²) in [5.74, 6) is 0. The molecule has 3 aromatic heterocycles.